The molecule has 2 heterocycles. The van der Waals surface area contributed by atoms with E-state index in [2.05, 4.69) is 21.4 Å². The van der Waals surface area contributed by atoms with Crippen molar-refractivity contribution < 1.29 is 4.79 Å². The zero-order chi connectivity index (χ0) is 10.7. The maximum atomic E-state index is 11.0. The van der Waals surface area contributed by atoms with E-state index in [4.69, 9.17) is 0 Å². The van der Waals surface area contributed by atoms with Crippen LogP contribution in [0, 0.1) is 0 Å². The lowest BCUT2D eigenvalue weighted by Gasteiger charge is -2.33. The molecule has 0 amide bonds. The fourth-order valence-electron chi connectivity index (χ4n) is 2.15. The molecule has 1 aromatic heterocycles. The molecule has 0 saturated carbocycles. The first-order valence-electron chi connectivity index (χ1n) is 5.60. The summed E-state index contributed by atoms with van der Waals surface area (Å²) >= 11 is 0. The first-order valence-corrected chi connectivity index (χ1v) is 5.60. The van der Waals surface area contributed by atoms with Gasteiger partial charge in [-0.15, -0.1) is 0 Å². The van der Waals surface area contributed by atoms with Gasteiger partial charge in [-0.1, -0.05) is 0 Å². The van der Waals surface area contributed by atoms with E-state index in [1.54, 1.807) is 6.20 Å². The summed E-state index contributed by atoms with van der Waals surface area (Å²) in [5.74, 6) is 0.939. The van der Waals surface area contributed by atoms with Gasteiger partial charge in [-0.3, -0.25) is 0 Å². The number of hydrogen-bond donors (Lipinski definition) is 0. The molecule has 1 aromatic rings. The van der Waals surface area contributed by atoms with E-state index in [9.17, 15) is 4.79 Å². The molecule has 0 aromatic carbocycles. The number of piperidine rings is 1. The Morgan fingerprint density at radius 1 is 1.60 bits per heavy atom. The Balaban J connectivity index is 2.23. The molecule has 0 radical (unpaired) electrons. The van der Waals surface area contributed by atoms with Crippen LogP contribution < -0.4 is 4.90 Å². The highest BCUT2D eigenvalue weighted by molar-refractivity contribution is 5.64. The third-order valence-corrected chi connectivity index (χ3v) is 3.00. The van der Waals surface area contributed by atoms with E-state index in [1.165, 1.54) is 0 Å². The van der Waals surface area contributed by atoms with Crippen LogP contribution in [0.5, 0.6) is 0 Å². The molecule has 15 heavy (non-hydrogen) atoms. The predicted octanol–water partition coefficient (Wildman–Crippen LogP) is 1.46. The van der Waals surface area contributed by atoms with Gasteiger partial charge in [0.1, 0.15) is 6.29 Å². The molecule has 1 fully saturated rings. The average Bonchev–Trinajstić information content (AvgIpc) is 2.76. The lowest BCUT2D eigenvalue weighted by Crippen LogP contribution is -2.42. The smallest absolute Gasteiger partial charge is 0.206 e. The fraction of sp³-hybridized carbons (Fsp3) is 0.636. The van der Waals surface area contributed by atoms with E-state index in [-0.39, 0.29) is 6.04 Å². The van der Waals surface area contributed by atoms with Crippen molar-refractivity contribution in [1.29, 1.82) is 0 Å². The van der Waals surface area contributed by atoms with Gasteiger partial charge >= 0.3 is 0 Å². The van der Waals surface area contributed by atoms with Crippen LogP contribution in [-0.2, 0) is 11.3 Å². The summed E-state index contributed by atoms with van der Waals surface area (Å²) in [7, 11) is 0. The highest BCUT2D eigenvalue weighted by Gasteiger charge is 2.24. The van der Waals surface area contributed by atoms with E-state index in [1.807, 2.05) is 6.20 Å². The highest BCUT2D eigenvalue weighted by atomic mass is 16.1. The minimum atomic E-state index is 0.0199. The fourth-order valence-corrected chi connectivity index (χ4v) is 2.15. The maximum Gasteiger partial charge on any atom is 0.206 e. The minimum absolute atomic E-state index is 0.0199. The van der Waals surface area contributed by atoms with Gasteiger partial charge in [0, 0.05) is 25.5 Å². The number of aldehydes is 1. The Morgan fingerprint density at radius 3 is 3.20 bits per heavy atom. The normalized spacial score (nSPS) is 21.7. The van der Waals surface area contributed by atoms with Gasteiger partial charge in [-0.25, -0.2) is 4.98 Å². The SMILES string of the molecule is CCn1ccnc1N1CCCCC1C=O. The number of hydrogen-bond acceptors (Lipinski definition) is 3. The van der Waals surface area contributed by atoms with Crippen LogP contribution in [0.3, 0.4) is 0 Å². The van der Waals surface area contributed by atoms with E-state index < -0.39 is 0 Å². The second kappa shape index (κ2) is 4.47. The van der Waals surface area contributed by atoms with Crippen molar-refractivity contribution in [2.45, 2.75) is 38.8 Å². The maximum absolute atomic E-state index is 11.0. The van der Waals surface area contributed by atoms with Crippen molar-refractivity contribution in [3.05, 3.63) is 12.4 Å². The molecule has 1 aliphatic heterocycles. The Labute approximate surface area is 89.9 Å². The molecule has 82 valence electrons. The number of rotatable bonds is 3. The predicted molar refractivity (Wildman–Crippen MR) is 59.0 cm³/mol. The quantitative estimate of drug-likeness (QED) is 0.704. The molecule has 0 aliphatic carbocycles. The largest absolute Gasteiger partial charge is 0.333 e. The van der Waals surface area contributed by atoms with Crippen molar-refractivity contribution in [1.82, 2.24) is 9.55 Å². The zero-order valence-corrected chi connectivity index (χ0v) is 9.09. The van der Waals surface area contributed by atoms with Crippen molar-refractivity contribution in [3.63, 3.8) is 0 Å². The lowest BCUT2D eigenvalue weighted by molar-refractivity contribution is -0.109. The average molecular weight is 207 g/mol. The van der Waals surface area contributed by atoms with Gasteiger partial charge in [-0.05, 0) is 26.2 Å². The second-order valence-corrected chi connectivity index (χ2v) is 3.91. The second-order valence-electron chi connectivity index (χ2n) is 3.91. The summed E-state index contributed by atoms with van der Waals surface area (Å²) in [6, 6.07) is 0.0199. The Hall–Kier alpha value is -1.32. The van der Waals surface area contributed by atoms with Gasteiger partial charge in [0.2, 0.25) is 5.95 Å². The summed E-state index contributed by atoms with van der Waals surface area (Å²) in [6.07, 6.45) is 8.07. The van der Waals surface area contributed by atoms with Crippen LogP contribution in [-0.4, -0.2) is 28.4 Å². The summed E-state index contributed by atoms with van der Waals surface area (Å²) in [4.78, 5) is 17.5. The number of nitrogens with zero attached hydrogens (tertiary/aromatic N) is 3. The monoisotopic (exact) mass is 207 g/mol. The first kappa shape index (κ1) is 10.2. The van der Waals surface area contributed by atoms with Gasteiger partial charge in [0.25, 0.3) is 0 Å². The number of anilines is 1. The van der Waals surface area contributed by atoms with Gasteiger partial charge in [0.05, 0.1) is 6.04 Å². The molecule has 2 rings (SSSR count). The molecule has 0 spiro atoms. The standard InChI is InChI=1S/C11H17N3O/c1-2-13-8-6-12-11(13)14-7-4-3-5-10(14)9-15/h6,8-10H,2-5,7H2,1H3. The zero-order valence-electron chi connectivity index (χ0n) is 9.09. The molecule has 0 bridgehead atoms. The molecule has 1 atom stereocenters. The van der Waals surface area contributed by atoms with Crippen LogP contribution in [0.25, 0.3) is 0 Å². The molecule has 1 unspecified atom stereocenters. The highest BCUT2D eigenvalue weighted by Crippen LogP contribution is 2.22. The third kappa shape index (κ3) is 1.89. The van der Waals surface area contributed by atoms with Gasteiger partial charge in [0.15, 0.2) is 0 Å². The number of carbonyl (C=O) groups is 1. The molecule has 1 aliphatic rings. The van der Waals surface area contributed by atoms with E-state index >= 15 is 0 Å². The van der Waals surface area contributed by atoms with Crippen molar-refractivity contribution in [3.8, 4) is 0 Å². The van der Waals surface area contributed by atoms with Gasteiger partial charge in [-0.2, -0.15) is 0 Å². The van der Waals surface area contributed by atoms with E-state index in [0.29, 0.717) is 0 Å². The van der Waals surface area contributed by atoms with Crippen molar-refractivity contribution in [2.75, 3.05) is 11.4 Å². The number of carbonyl (C=O) groups excluding carboxylic acids is 1. The molecular weight excluding hydrogens is 190 g/mol. The number of aromatic nitrogens is 2. The molecule has 4 heteroatoms. The number of aryl methyl sites for hydroxylation is 1. The van der Waals surface area contributed by atoms with Crippen LogP contribution in [0.2, 0.25) is 0 Å². The molecule has 1 saturated heterocycles. The van der Waals surface area contributed by atoms with Crippen LogP contribution in [0.15, 0.2) is 12.4 Å². The van der Waals surface area contributed by atoms with E-state index in [0.717, 1.165) is 44.6 Å². The van der Waals surface area contributed by atoms with Crippen LogP contribution >= 0.6 is 0 Å². The summed E-state index contributed by atoms with van der Waals surface area (Å²) < 4.78 is 2.09. The minimum Gasteiger partial charge on any atom is -0.333 e. The molecule has 0 N–H and O–H groups in total. The summed E-state index contributed by atoms with van der Waals surface area (Å²) in [5, 5.41) is 0. The molecular formula is C11H17N3O. The molecule has 4 nitrogen and oxygen atoms in total. The lowest BCUT2D eigenvalue weighted by atomic mass is 10.0. The Morgan fingerprint density at radius 2 is 2.47 bits per heavy atom. The Kier molecular flexibility index (Phi) is 3.04. The van der Waals surface area contributed by atoms with Crippen LogP contribution in [0.4, 0.5) is 5.95 Å². The van der Waals surface area contributed by atoms with Gasteiger partial charge < -0.3 is 14.3 Å². The van der Waals surface area contributed by atoms with Crippen LogP contribution in [0.1, 0.15) is 26.2 Å². The van der Waals surface area contributed by atoms with Crippen molar-refractivity contribution >= 4 is 12.2 Å². The Bertz CT molecular complexity index is 334. The third-order valence-electron chi connectivity index (χ3n) is 3.00. The number of imidazole rings is 1. The summed E-state index contributed by atoms with van der Waals surface area (Å²) in [5.41, 5.74) is 0. The van der Waals surface area contributed by atoms with Crippen molar-refractivity contribution in [2.24, 2.45) is 0 Å². The summed E-state index contributed by atoms with van der Waals surface area (Å²) in [6.45, 7) is 3.93. The topological polar surface area (TPSA) is 38.1 Å². The first-order chi connectivity index (χ1) is 7.36.